The Kier molecular flexibility index (Phi) is 8.07. The van der Waals surface area contributed by atoms with Crippen LogP contribution in [-0.2, 0) is 4.79 Å². The van der Waals surface area contributed by atoms with Crippen LogP contribution in [0.15, 0.2) is 24.3 Å². The Balaban J connectivity index is 2.37. The molecule has 0 heterocycles. The van der Waals surface area contributed by atoms with E-state index in [-0.39, 0.29) is 5.91 Å². The molecule has 3 N–H and O–H groups in total. The molecule has 0 aromatic heterocycles. The number of nitrogens with zero attached hydrogens (tertiary/aromatic N) is 1. The Morgan fingerprint density at radius 3 is 2.68 bits per heavy atom. The van der Waals surface area contributed by atoms with E-state index in [1.807, 2.05) is 6.07 Å². The average molecular weight is 305 g/mol. The van der Waals surface area contributed by atoms with Crippen molar-refractivity contribution in [1.29, 1.82) is 0 Å². The highest BCUT2D eigenvalue weighted by molar-refractivity contribution is 5.91. The van der Waals surface area contributed by atoms with Gasteiger partial charge in [-0.05, 0) is 49.8 Å². The normalized spacial score (nSPS) is 11.1. The highest BCUT2D eigenvalue weighted by Crippen LogP contribution is 2.22. The van der Waals surface area contributed by atoms with Gasteiger partial charge in [0, 0.05) is 12.6 Å². The minimum absolute atomic E-state index is 0.0889. The van der Waals surface area contributed by atoms with Gasteiger partial charge in [-0.3, -0.25) is 4.79 Å². The van der Waals surface area contributed by atoms with Gasteiger partial charge in [-0.15, -0.1) is 0 Å². The lowest BCUT2D eigenvalue weighted by Crippen LogP contribution is -2.29. The molecular weight excluding hydrogens is 278 g/mol. The summed E-state index contributed by atoms with van der Waals surface area (Å²) in [6.07, 6.45) is 4.23. The SMILES string of the molecule is CCN(CC)CCCNC(=O)/C=C\c1ccc(OC)c(N)c1. The molecular formula is C17H27N3O2. The highest BCUT2D eigenvalue weighted by Gasteiger charge is 2.01. The minimum atomic E-state index is -0.0889. The number of carbonyl (C=O) groups excluding carboxylic acids is 1. The first-order valence-corrected chi connectivity index (χ1v) is 7.72. The Labute approximate surface area is 133 Å². The van der Waals surface area contributed by atoms with Crippen LogP contribution in [0.2, 0.25) is 0 Å². The monoisotopic (exact) mass is 305 g/mol. The maximum Gasteiger partial charge on any atom is 0.243 e. The third-order valence-corrected chi connectivity index (χ3v) is 3.53. The Morgan fingerprint density at radius 1 is 1.36 bits per heavy atom. The van der Waals surface area contributed by atoms with Crippen LogP contribution in [0.4, 0.5) is 5.69 Å². The molecule has 0 saturated carbocycles. The minimum Gasteiger partial charge on any atom is -0.495 e. The number of rotatable bonds is 9. The van der Waals surface area contributed by atoms with Crippen LogP contribution in [0.3, 0.4) is 0 Å². The summed E-state index contributed by atoms with van der Waals surface area (Å²) in [5.74, 6) is 0.548. The molecule has 0 atom stereocenters. The predicted molar refractivity (Wildman–Crippen MR) is 91.9 cm³/mol. The van der Waals surface area contributed by atoms with Gasteiger partial charge < -0.3 is 20.7 Å². The first-order valence-electron chi connectivity index (χ1n) is 7.72. The molecule has 0 aliphatic rings. The molecule has 1 aromatic carbocycles. The molecule has 0 unspecified atom stereocenters. The fourth-order valence-electron chi connectivity index (χ4n) is 2.14. The number of hydrogen-bond acceptors (Lipinski definition) is 4. The quantitative estimate of drug-likeness (QED) is 0.417. The van der Waals surface area contributed by atoms with Crippen LogP contribution in [0.5, 0.6) is 5.75 Å². The second-order valence-electron chi connectivity index (χ2n) is 5.01. The molecule has 0 fully saturated rings. The van der Waals surface area contributed by atoms with Crippen LogP contribution in [0.25, 0.3) is 6.08 Å². The van der Waals surface area contributed by atoms with E-state index in [0.29, 0.717) is 18.0 Å². The lowest BCUT2D eigenvalue weighted by atomic mass is 10.1. The Bertz CT molecular complexity index is 497. The van der Waals surface area contributed by atoms with Gasteiger partial charge in [0.25, 0.3) is 0 Å². The lowest BCUT2D eigenvalue weighted by molar-refractivity contribution is -0.116. The molecule has 5 nitrogen and oxygen atoms in total. The van der Waals surface area contributed by atoms with Crippen molar-refractivity contribution in [3.8, 4) is 5.75 Å². The molecule has 0 spiro atoms. The summed E-state index contributed by atoms with van der Waals surface area (Å²) in [6, 6.07) is 5.43. The zero-order valence-corrected chi connectivity index (χ0v) is 13.8. The van der Waals surface area contributed by atoms with Gasteiger partial charge in [0.1, 0.15) is 5.75 Å². The van der Waals surface area contributed by atoms with Crippen molar-refractivity contribution in [1.82, 2.24) is 10.2 Å². The van der Waals surface area contributed by atoms with Gasteiger partial charge in [-0.2, -0.15) is 0 Å². The number of hydrogen-bond donors (Lipinski definition) is 2. The summed E-state index contributed by atoms with van der Waals surface area (Å²) in [5, 5.41) is 2.89. The fourth-order valence-corrected chi connectivity index (χ4v) is 2.14. The molecule has 0 aliphatic heterocycles. The van der Waals surface area contributed by atoms with Crippen LogP contribution < -0.4 is 15.8 Å². The Morgan fingerprint density at radius 2 is 2.09 bits per heavy atom. The number of ether oxygens (including phenoxy) is 1. The van der Waals surface area contributed by atoms with E-state index in [1.54, 1.807) is 25.3 Å². The van der Waals surface area contributed by atoms with E-state index in [9.17, 15) is 4.79 Å². The summed E-state index contributed by atoms with van der Waals surface area (Å²) in [6.45, 7) is 8.07. The second kappa shape index (κ2) is 9.84. The molecule has 0 bridgehead atoms. The van der Waals surface area contributed by atoms with Crippen molar-refractivity contribution < 1.29 is 9.53 Å². The first kappa shape index (κ1) is 18.0. The van der Waals surface area contributed by atoms with Crippen LogP contribution in [0, 0.1) is 0 Å². The summed E-state index contributed by atoms with van der Waals surface area (Å²) < 4.78 is 5.10. The van der Waals surface area contributed by atoms with Crippen LogP contribution in [-0.4, -0.2) is 44.1 Å². The zero-order chi connectivity index (χ0) is 16.4. The van der Waals surface area contributed by atoms with Gasteiger partial charge in [0.15, 0.2) is 0 Å². The van der Waals surface area contributed by atoms with E-state index in [1.165, 1.54) is 6.08 Å². The smallest absolute Gasteiger partial charge is 0.243 e. The summed E-state index contributed by atoms with van der Waals surface area (Å²) in [5.41, 5.74) is 7.26. The molecule has 22 heavy (non-hydrogen) atoms. The molecule has 5 heteroatoms. The topological polar surface area (TPSA) is 67.6 Å². The number of benzene rings is 1. The van der Waals surface area contributed by atoms with Crippen LogP contribution >= 0.6 is 0 Å². The van der Waals surface area contributed by atoms with Crippen molar-refractivity contribution in [3.05, 3.63) is 29.8 Å². The Hall–Kier alpha value is -2.01. The van der Waals surface area contributed by atoms with E-state index in [2.05, 4.69) is 24.1 Å². The second-order valence-corrected chi connectivity index (χ2v) is 5.01. The fraction of sp³-hybridized carbons (Fsp3) is 0.471. The van der Waals surface area contributed by atoms with Gasteiger partial charge in [0.05, 0.1) is 12.8 Å². The number of nitrogens with one attached hydrogen (secondary N) is 1. The standard InChI is InChI=1S/C17H27N3O2/c1-4-20(5-2)12-6-11-19-17(21)10-8-14-7-9-16(22-3)15(18)13-14/h7-10,13H,4-6,11-12,18H2,1-3H3,(H,19,21)/b10-8-. The van der Waals surface area contributed by atoms with Crippen molar-refractivity contribution in [2.45, 2.75) is 20.3 Å². The molecule has 1 aromatic rings. The summed E-state index contributed by atoms with van der Waals surface area (Å²) in [7, 11) is 1.58. The maximum absolute atomic E-state index is 11.7. The number of anilines is 1. The third-order valence-electron chi connectivity index (χ3n) is 3.53. The lowest BCUT2D eigenvalue weighted by Gasteiger charge is -2.17. The van der Waals surface area contributed by atoms with Crippen LogP contribution in [0.1, 0.15) is 25.8 Å². The van der Waals surface area contributed by atoms with E-state index < -0.39 is 0 Å². The van der Waals surface area contributed by atoms with E-state index in [0.717, 1.165) is 31.6 Å². The molecule has 0 aliphatic carbocycles. The van der Waals surface area contributed by atoms with Gasteiger partial charge in [0.2, 0.25) is 5.91 Å². The molecule has 1 amide bonds. The maximum atomic E-state index is 11.7. The molecule has 0 saturated heterocycles. The highest BCUT2D eigenvalue weighted by atomic mass is 16.5. The number of methoxy groups -OCH3 is 1. The first-order chi connectivity index (χ1) is 10.6. The largest absolute Gasteiger partial charge is 0.495 e. The molecule has 1 rings (SSSR count). The number of nitrogens with two attached hydrogens (primary N) is 1. The van der Waals surface area contributed by atoms with E-state index in [4.69, 9.17) is 10.5 Å². The molecule has 122 valence electrons. The average Bonchev–Trinajstić information content (AvgIpc) is 2.53. The number of nitrogen functional groups attached to an aromatic ring is 1. The number of amides is 1. The number of carbonyl (C=O) groups is 1. The molecule has 0 radical (unpaired) electrons. The third kappa shape index (κ3) is 6.18. The van der Waals surface area contributed by atoms with Gasteiger partial charge in [-0.25, -0.2) is 0 Å². The summed E-state index contributed by atoms with van der Waals surface area (Å²) in [4.78, 5) is 14.1. The zero-order valence-electron chi connectivity index (χ0n) is 13.8. The van der Waals surface area contributed by atoms with Gasteiger partial charge >= 0.3 is 0 Å². The van der Waals surface area contributed by atoms with Gasteiger partial charge in [-0.1, -0.05) is 19.9 Å². The van der Waals surface area contributed by atoms with Crippen molar-refractivity contribution >= 4 is 17.7 Å². The van der Waals surface area contributed by atoms with Crippen molar-refractivity contribution in [2.24, 2.45) is 0 Å². The predicted octanol–water partition coefficient (Wildman–Crippen LogP) is 2.14. The van der Waals surface area contributed by atoms with Crippen molar-refractivity contribution in [3.63, 3.8) is 0 Å². The summed E-state index contributed by atoms with van der Waals surface area (Å²) >= 11 is 0. The van der Waals surface area contributed by atoms with Crippen molar-refractivity contribution in [2.75, 3.05) is 39.0 Å². The van der Waals surface area contributed by atoms with E-state index >= 15 is 0 Å².